The van der Waals surface area contributed by atoms with Gasteiger partial charge < -0.3 is 9.84 Å². The van der Waals surface area contributed by atoms with E-state index in [9.17, 15) is 4.79 Å². The van der Waals surface area contributed by atoms with Crippen molar-refractivity contribution in [2.75, 3.05) is 6.61 Å². The first-order valence-corrected chi connectivity index (χ1v) is 11.1. The lowest BCUT2D eigenvalue weighted by molar-refractivity contribution is -0.00455. The van der Waals surface area contributed by atoms with Crippen LogP contribution >= 0.6 is 0 Å². The van der Waals surface area contributed by atoms with Crippen molar-refractivity contribution >= 4 is 11.5 Å². The van der Waals surface area contributed by atoms with Crippen molar-refractivity contribution in [1.82, 2.24) is 5.01 Å². The maximum absolute atomic E-state index is 13.2. The Labute approximate surface area is 190 Å². The van der Waals surface area contributed by atoms with Gasteiger partial charge in [-0.15, -0.1) is 0 Å². The Morgan fingerprint density at radius 2 is 1.53 bits per heavy atom. The van der Waals surface area contributed by atoms with Crippen LogP contribution in [0.4, 0.5) is 0 Å². The second-order valence-electron chi connectivity index (χ2n) is 7.07. The zero-order valence-electron chi connectivity index (χ0n) is 18.8. The van der Waals surface area contributed by atoms with Gasteiger partial charge in [-0.25, -0.2) is 5.01 Å². The molecule has 0 spiro atoms. The highest BCUT2D eigenvalue weighted by Crippen LogP contribution is 2.43. The van der Waals surface area contributed by atoms with Crippen molar-refractivity contribution in [3.63, 3.8) is 0 Å². The molecule has 0 aromatic heterocycles. The Bertz CT molecular complexity index is 1040. The maximum atomic E-state index is 13.2. The summed E-state index contributed by atoms with van der Waals surface area (Å²) in [5, 5.41) is 14.2. The maximum Gasteiger partial charge on any atom is 0.251 e. The summed E-state index contributed by atoms with van der Waals surface area (Å²) in [4.78, 5) is 13.2. The van der Waals surface area contributed by atoms with Gasteiger partial charge in [-0.05, 0) is 18.6 Å². The lowest BCUT2D eigenvalue weighted by atomic mass is 9.96. The highest BCUT2D eigenvalue weighted by Gasteiger charge is 2.43. The van der Waals surface area contributed by atoms with Crippen LogP contribution in [0.15, 0.2) is 90.0 Å². The number of benzene rings is 3. The molecule has 5 heteroatoms. The number of fused-ring (bicyclic) bond motifs is 3. The second kappa shape index (κ2) is 11.3. The van der Waals surface area contributed by atoms with Crippen molar-refractivity contribution < 1.29 is 14.6 Å². The van der Waals surface area contributed by atoms with Crippen LogP contribution in [0.3, 0.4) is 0 Å². The first-order chi connectivity index (χ1) is 15.7. The number of ether oxygens (including phenoxy) is 1. The van der Waals surface area contributed by atoms with Crippen LogP contribution in [0.25, 0.3) is 0 Å². The van der Waals surface area contributed by atoms with Crippen LogP contribution in [0, 0.1) is 0 Å². The minimum atomic E-state index is -0.756. The molecule has 0 aliphatic carbocycles. The topological polar surface area (TPSA) is 62.1 Å². The number of para-hydroxylation sites is 1. The summed E-state index contributed by atoms with van der Waals surface area (Å²) < 4.78 is 6.12. The number of hydrogen-bond acceptors (Lipinski definition) is 5. The number of hydrogen-bond donors (Lipinski definition) is 1. The Morgan fingerprint density at radius 1 is 0.969 bits per heavy atom. The van der Waals surface area contributed by atoms with Crippen molar-refractivity contribution in [1.29, 1.82) is 0 Å². The van der Waals surface area contributed by atoms with Crippen molar-refractivity contribution in [2.45, 2.75) is 39.5 Å². The molecule has 0 fully saturated rings. The lowest BCUT2D eigenvalue weighted by Crippen LogP contribution is -2.45. The summed E-state index contributed by atoms with van der Waals surface area (Å²) in [6.07, 6.45) is -0.00307. The SMILES string of the molecule is CC.CCO.O=C(c1ccccc1)C1Oc2ccccc2C2CC(c3ccccc3)=NN12. The van der Waals surface area contributed by atoms with Gasteiger partial charge in [-0.3, -0.25) is 4.79 Å². The summed E-state index contributed by atoms with van der Waals surface area (Å²) >= 11 is 0. The smallest absolute Gasteiger partial charge is 0.251 e. The zero-order valence-corrected chi connectivity index (χ0v) is 18.8. The molecule has 2 aliphatic rings. The minimum absolute atomic E-state index is 0.00261. The number of Topliss-reactive ketones (excluding diaryl/α,β-unsaturated/α-hetero) is 1. The molecular weight excluding hydrogens is 400 g/mol. The molecule has 166 valence electrons. The third-order valence-electron chi connectivity index (χ3n) is 5.09. The number of nitrogens with zero attached hydrogens (tertiary/aromatic N) is 2. The molecule has 2 heterocycles. The molecule has 2 unspecified atom stereocenters. The molecule has 1 N–H and O–H groups in total. The zero-order chi connectivity index (χ0) is 22.9. The Morgan fingerprint density at radius 3 is 2.19 bits per heavy atom. The highest BCUT2D eigenvalue weighted by molar-refractivity contribution is 6.03. The molecule has 0 radical (unpaired) electrons. The molecule has 32 heavy (non-hydrogen) atoms. The van der Waals surface area contributed by atoms with E-state index in [1.807, 2.05) is 85.6 Å². The predicted molar refractivity (Wildman–Crippen MR) is 128 cm³/mol. The van der Waals surface area contributed by atoms with Gasteiger partial charge in [0.2, 0.25) is 5.78 Å². The van der Waals surface area contributed by atoms with Gasteiger partial charge in [0.1, 0.15) is 5.75 Å². The first-order valence-electron chi connectivity index (χ1n) is 11.1. The molecule has 0 bridgehead atoms. The normalized spacial score (nSPS) is 17.9. The van der Waals surface area contributed by atoms with Crippen molar-refractivity contribution in [3.8, 4) is 5.75 Å². The molecular formula is C27H30N2O3. The minimum Gasteiger partial charge on any atom is -0.461 e. The Kier molecular flexibility index (Phi) is 8.17. The van der Waals surface area contributed by atoms with Gasteiger partial charge in [0.25, 0.3) is 6.23 Å². The van der Waals surface area contributed by atoms with E-state index < -0.39 is 6.23 Å². The van der Waals surface area contributed by atoms with E-state index in [4.69, 9.17) is 14.9 Å². The van der Waals surface area contributed by atoms with Gasteiger partial charge in [-0.2, -0.15) is 5.10 Å². The van der Waals surface area contributed by atoms with Gasteiger partial charge in [0, 0.05) is 24.2 Å². The standard InChI is InChI=1S/C23H18N2O2.C2H6O.C2H6/c26-22(17-11-5-2-6-12-17)23-25-20(18-13-7-8-14-21(18)27-23)15-19(24-25)16-9-3-1-4-10-16;1-2-3;1-2/h1-14,20,23H,15H2;3H,2H2,1H3;1-2H3. The van der Waals surface area contributed by atoms with E-state index in [0.717, 1.165) is 29.0 Å². The molecule has 5 nitrogen and oxygen atoms in total. The molecule has 3 aromatic rings. The summed E-state index contributed by atoms with van der Waals surface area (Å²) in [5.41, 5.74) is 3.76. The Hall–Kier alpha value is -3.44. The average molecular weight is 431 g/mol. The van der Waals surface area contributed by atoms with E-state index in [-0.39, 0.29) is 18.4 Å². The van der Waals surface area contributed by atoms with E-state index >= 15 is 0 Å². The number of carbonyl (C=O) groups is 1. The summed E-state index contributed by atoms with van der Waals surface area (Å²) in [6.45, 7) is 5.93. The van der Waals surface area contributed by atoms with Crippen LogP contribution in [0.5, 0.6) is 5.75 Å². The summed E-state index contributed by atoms with van der Waals surface area (Å²) in [7, 11) is 0. The van der Waals surface area contributed by atoms with Crippen molar-refractivity contribution in [3.05, 3.63) is 102 Å². The fraction of sp³-hybridized carbons (Fsp3) is 0.259. The number of rotatable bonds is 3. The van der Waals surface area contributed by atoms with Crippen LogP contribution < -0.4 is 4.74 Å². The molecule has 2 aliphatic heterocycles. The molecule has 0 saturated heterocycles. The van der Waals surface area contributed by atoms with Crippen LogP contribution in [0.2, 0.25) is 0 Å². The summed E-state index contributed by atoms with van der Waals surface area (Å²) in [5.74, 6) is 0.686. The number of hydrazone groups is 1. The monoisotopic (exact) mass is 430 g/mol. The van der Waals surface area contributed by atoms with Crippen molar-refractivity contribution in [2.24, 2.45) is 5.10 Å². The van der Waals surface area contributed by atoms with Gasteiger partial charge in [-0.1, -0.05) is 92.7 Å². The molecule has 0 saturated carbocycles. The quantitative estimate of drug-likeness (QED) is 0.560. The van der Waals surface area contributed by atoms with E-state index in [1.165, 1.54) is 0 Å². The third-order valence-corrected chi connectivity index (χ3v) is 5.09. The summed E-state index contributed by atoms with van der Waals surface area (Å²) in [6, 6.07) is 27.3. The second-order valence-corrected chi connectivity index (χ2v) is 7.07. The highest BCUT2D eigenvalue weighted by atomic mass is 16.5. The molecule has 0 amide bonds. The fourth-order valence-corrected chi connectivity index (χ4v) is 3.76. The van der Waals surface area contributed by atoms with Crippen LogP contribution in [0.1, 0.15) is 54.7 Å². The van der Waals surface area contributed by atoms with Crippen LogP contribution in [-0.2, 0) is 0 Å². The molecule has 2 atom stereocenters. The first kappa shape index (κ1) is 23.2. The number of carbonyl (C=O) groups excluding carboxylic acids is 1. The lowest BCUT2D eigenvalue weighted by Gasteiger charge is -2.37. The van der Waals surface area contributed by atoms with Gasteiger partial charge in [0.15, 0.2) is 0 Å². The fourth-order valence-electron chi connectivity index (χ4n) is 3.76. The average Bonchev–Trinajstić information content (AvgIpc) is 3.32. The third kappa shape index (κ3) is 4.89. The molecule has 5 rings (SSSR count). The molecule has 3 aromatic carbocycles. The Balaban J connectivity index is 0.000000536. The van der Waals surface area contributed by atoms with E-state index in [1.54, 1.807) is 6.92 Å². The van der Waals surface area contributed by atoms with Gasteiger partial charge in [0.05, 0.1) is 11.8 Å². The number of ketones is 1. The number of aliphatic hydroxyl groups is 1. The largest absolute Gasteiger partial charge is 0.461 e. The van der Waals surface area contributed by atoms with E-state index in [2.05, 4.69) is 18.2 Å². The van der Waals surface area contributed by atoms with Gasteiger partial charge >= 0.3 is 0 Å². The number of aliphatic hydroxyl groups excluding tert-OH is 1. The van der Waals surface area contributed by atoms with Crippen LogP contribution in [-0.4, -0.2) is 34.4 Å². The predicted octanol–water partition coefficient (Wildman–Crippen LogP) is 5.46. The van der Waals surface area contributed by atoms with E-state index in [0.29, 0.717) is 5.56 Å².